The molecule has 0 bridgehead atoms. The van der Waals surface area contributed by atoms with E-state index in [0.717, 1.165) is 0 Å². The molecule has 174 valence electrons. The van der Waals surface area contributed by atoms with Gasteiger partial charge in [-0.2, -0.15) is 0 Å². The van der Waals surface area contributed by atoms with E-state index < -0.39 is 0 Å². The van der Waals surface area contributed by atoms with Gasteiger partial charge in [-0.3, -0.25) is 0 Å². The van der Waals surface area contributed by atoms with Gasteiger partial charge in [0.1, 0.15) is 11.5 Å². The van der Waals surface area contributed by atoms with Crippen molar-refractivity contribution < 1.29 is 9.47 Å². The topological polar surface area (TPSA) is 89.3 Å². The summed E-state index contributed by atoms with van der Waals surface area (Å²) in [4.78, 5) is 0. The third kappa shape index (κ3) is 10.3. The summed E-state index contributed by atoms with van der Waals surface area (Å²) in [5.41, 5.74) is 0.924. The minimum Gasteiger partial charge on any atom is -0.791 e. The van der Waals surface area contributed by atoms with Crippen LogP contribution in [0.25, 0.3) is 0 Å². The monoisotopic (exact) mass is 572 g/mol. The van der Waals surface area contributed by atoms with Crippen LogP contribution in [-0.4, -0.2) is 49.6 Å². The molecule has 4 aromatic rings. The van der Waals surface area contributed by atoms with Gasteiger partial charge in [0, 0.05) is 11.1 Å². The predicted molar refractivity (Wildman–Crippen MR) is 142 cm³/mol. The summed E-state index contributed by atoms with van der Waals surface area (Å²) >= 11 is 0. The predicted octanol–water partition coefficient (Wildman–Crippen LogP) is 5.57. The summed E-state index contributed by atoms with van der Waals surface area (Å²) in [6, 6.07) is 38.3. The van der Waals surface area contributed by atoms with Crippen LogP contribution in [0.15, 0.2) is 120 Å². The maximum absolute atomic E-state index is 11.2. The van der Waals surface area contributed by atoms with Gasteiger partial charge in [0.05, 0.1) is 25.6 Å². The first kappa shape index (κ1) is 29.3. The zero-order valence-corrected chi connectivity index (χ0v) is 22.3. The molecule has 0 aliphatic carbocycles. The van der Waals surface area contributed by atoms with Crippen LogP contribution in [0.5, 0.6) is 11.5 Å². The Kier molecular flexibility index (Phi) is 14.8. The Labute approximate surface area is 223 Å². The molecule has 0 unspecified atom stereocenters. The van der Waals surface area contributed by atoms with Crippen molar-refractivity contribution in [3.05, 3.63) is 143 Å². The van der Waals surface area contributed by atoms with Crippen LogP contribution in [0.3, 0.4) is 0 Å². The third-order valence-corrected chi connectivity index (χ3v) is 4.35. The molecular weight excluding hydrogens is 547 g/mol. The summed E-state index contributed by atoms with van der Waals surface area (Å²) in [5, 5.41) is 28.3. The van der Waals surface area contributed by atoms with Gasteiger partial charge in [0.25, 0.3) is 0 Å². The fourth-order valence-corrected chi connectivity index (χ4v) is 2.65. The van der Waals surface area contributed by atoms with Gasteiger partial charge in [0.2, 0.25) is 0 Å². The summed E-state index contributed by atoms with van der Waals surface area (Å²) in [6.45, 7) is 0. The molecule has 7 heteroatoms. The fraction of sp³-hybridized carbons (Fsp3) is 0.0714. The Morgan fingerprint density at radius 2 is 0.886 bits per heavy atom. The first-order valence-corrected chi connectivity index (χ1v) is 10.3. The molecule has 0 aliphatic heterocycles. The molecule has 0 aliphatic rings. The third-order valence-electron chi connectivity index (χ3n) is 4.35. The van der Waals surface area contributed by atoms with Crippen molar-refractivity contribution >= 4 is 35.3 Å². The number of hydrogen-bond donors (Lipinski definition) is 0. The van der Waals surface area contributed by atoms with Crippen molar-refractivity contribution in [3.63, 3.8) is 0 Å². The number of rotatable bonds is 5. The first-order chi connectivity index (χ1) is 16.7. The van der Waals surface area contributed by atoms with Gasteiger partial charge < -0.3 is 30.2 Å². The van der Waals surface area contributed by atoms with Gasteiger partial charge in [-0.05, 0) is 60.7 Å². The molecular formula is C28H24N2O4Sn. The second-order valence-corrected chi connectivity index (χ2v) is 6.49. The largest absolute Gasteiger partial charge is 2.00 e. The molecule has 0 N–H and O–H groups in total. The second kappa shape index (κ2) is 17.7. The molecule has 0 aromatic heterocycles. The van der Waals surface area contributed by atoms with Gasteiger partial charge in [-0.15, -0.1) is 0 Å². The van der Waals surface area contributed by atoms with Crippen LogP contribution in [0.2, 0.25) is 0 Å². The zero-order valence-electron chi connectivity index (χ0n) is 19.4. The average molecular weight is 571 g/mol. The minimum absolute atomic E-state index is 0. The summed E-state index contributed by atoms with van der Waals surface area (Å²) < 4.78 is 10.1. The van der Waals surface area contributed by atoms with Crippen molar-refractivity contribution in [1.29, 1.82) is 0 Å². The fourth-order valence-electron chi connectivity index (χ4n) is 2.65. The normalized spacial score (nSPS) is 10.3. The van der Waals surface area contributed by atoms with Crippen molar-refractivity contribution in [2.45, 2.75) is 0 Å². The molecule has 0 heterocycles. The minimum atomic E-state index is -0.0252. The van der Waals surface area contributed by atoms with Crippen LogP contribution >= 0.6 is 0 Å². The smallest absolute Gasteiger partial charge is 0.791 e. The molecule has 0 amide bonds. The summed E-state index contributed by atoms with van der Waals surface area (Å²) in [5.74, 6) is 1.28. The molecule has 0 spiro atoms. The Balaban J connectivity index is 0.000000382. The van der Waals surface area contributed by atoms with E-state index in [1.807, 2.05) is 60.7 Å². The summed E-state index contributed by atoms with van der Waals surface area (Å²) in [6.07, 6.45) is 0. The van der Waals surface area contributed by atoms with Gasteiger partial charge in [-0.25, -0.2) is 0 Å². The number of methoxy groups -OCH3 is 2. The standard InChI is InChI=1S/C16H16N2O4.2C6H5.Sn/c1-21-13-7-3-11(4-8-13)15(17-19)16(18-20)12-5-9-14(22-2)10-6-12;2*1-2-4-6-5-3-1;/h3-10,19-20H,1-2H3;2*1-5H;/q;;;+2/p-2/b17-15+,18-16+;;;. The van der Waals surface area contributed by atoms with E-state index >= 15 is 0 Å². The van der Waals surface area contributed by atoms with Crippen LogP contribution in [0, 0.1) is 22.5 Å². The molecule has 4 aromatic carbocycles. The van der Waals surface area contributed by atoms with E-state index in [2.05, 4.69) is 22.4 Å². The number of ether oxygens (including phenoxy) is 2. The second-order valence-electron chi connectivity index (χ2n) is 6.49. The van der Waals surface area contributed by atoms with E-state index in [9.17, 15) is 10.4 Å². The number of hydrogen-bond acceptors (Lipinski definition) is 6. The van der Waals surface area contributed by atoms with E-state index in [4.69, 9.17) is 9.47 Å². The van der Waals surface area contributed by atoms with Crippen LogP contribution in [0.1, 0.15) is 11.1 Å². The Hall–Kier alpha value is -3.78. The quantitative estimate of drug-likeness (QED) is 0.178. The summed E-state index contributed by atoms with van der Waals surface area (Å²) in [7, 11) is 3.08. The van der Waals surface area contributed by atoms with E-state index in [-0.39, 0.29) is 35.3 Å². The van der Waals surface area contributed by atoms with E-state index in [1.165, 1.54) is 0 Å². The SMILES string of the molecule is COc1ccc(C(=N\[O-])/C(=N/[O-])c2ccc(OC)cc2)cc1.[Sn+2].[c]1ccccc1.[c]1ccccc1. The molecule has 4 radical (unpaired) electrons. The van der Waals surface area contributed by atoms with Crippen molar-refractivity contribution in [2.75, 3.05) is 14.2 Å². The van der Waals surface area contributed by atoms with Crippen molar-refractivity contribution in [2.24, 2.45) is 10.3 Å². The van der Waals surface area contributed by atoms with Gasteiger partial charge >= 0.3 is 23.9 Å². The molecule has 6 nitrogen and oxygen atoms in total. The Morgan fingerprint density at radius 3 is 1.06 bits per heavy atom. The molecule has 0 saturated heterocycles. The van der Waals surface area contributed by atoms with Crippen LogP contribution < -0.4 is 9.47 Å². The number of benzene rings is 4. The molecule has 4 rings (SSSR count). The Morgan fingerprint density at radius 1 is 0.571 bits per heavy atom. The zero-order chi connectivity index (χ0) is 24.4. The number of nitrogens with zero attached hydrogens (tertiary/aromatic N) is 2. The van der Waals surface area contributed by atoms with Crippen molar-refractivity contribution in [1.82, 2.24) is 0 Å². The van der Waals surface area contributed by atoms with Crippen LogP contribution in [-0.2, 0) is 0 Å². The maximum atomic E-state index is 11.2. The maximum Gasteiger partial charge on any atom is 2.00 e. The molecule has 0 saturated carbocycles. The van der Waals surface area contributed by atoms with Crippen molar-refractivity contribution in [3.8, 4) is 11.5 Å². The molecule has 0 atom stereocenters. The van der Waals surface area contributed by atoms with Gasteiger partial charge in [-0.1, -0.05) is 60.7 Å². The van der Waals surface area contributed by atoms with E-state index in [1.54, 1.807) is 62.8 Å². The average Bonchev–Trinajstić information content (AvgIpc) is 2.94. The Bertz CT molecular complexity index is 973. The molecule has 35 heavy (non-hydrogen) atoms. The van der Waals surface area contributed by atoms with Gasteiger partial charge in [0.15, 0.2) is 0 Å². The van der Waals surface area contributed by atoms with E-state index in [0.29, 0.717) is 22.6 Å². The van der Waals surface area contributed by atoms with Crippen LogP contribution in [0.4, 0.5) is 0 Å². The molecule has 0 fully saturated rings. The first-order valence-electron chi connectivity index (χ1n) is 10.3.